The minimum absolute atomic E-state index is 0.191. The molecule has 2 aromatic rings. The van der Waals surface area contributed by atoms with E-state index in [4.69, 9.17) is 4.74 Å². The second-order valence-corrected chi connectivity index (χ2v) is 9.05. The number of benzene rings is 1. The number of nitrogens with zero attached hydrogens (tertiary/aromatic N) is 2. The molecule has 8 nitrogen and oxygen atoms in total. The van der Waals surface area contributed by atoms with Gasteiger partial charge >= 0.3 is 0 Å². The second-order valence-electron chi connectivity index (χ2n) is 6.43. The number of anilines is 1. The van der Waals surface area contributed by atoms with Crippen molar-refractivity contribution < 1.29 is 17.9 Å². The van der Waals surface area contributed by atoms with E-state index in [0.717, 1.165) is 44.1 Å². The van der Waals surface area contributed by atoms with Crippen LogP contribution in [0.2, 0.25) is 0 Å². The summed E-state index contributed by atoms with van der Waals surface area (Å²) in [5.74, 6) is -0.290. The average molecular weight is 437 g/mol. The van der Waals surface area contributed by atoms with Crippen molar-refractivity contribution in [2.45, 2.75) is 18.4 Å². The second kappa shape index (κ2) is 10.1. The van der Waals surface area contributed by atoms with Crippen molar-refractivity contribution in [3.05, 3.63) is 47.0 Å². The van der Waals surface area contributed by atoms with Gasteiger partial charge in [-0.15, -0.1) is 11.3 Å². The molecule has 1 aromatic carbocycles. The number of ether oxygens (including phenoxy) is 1. The highest BCUT2D eigenvalue weighted by Gasteiger charge is 2.13. The molecule has 1 saturated heterocycles. The van der Waals surface area contributed by atoms with Gasteiger partial charge in [-0.25, -0.2) is 18.1 Å². The molecular formula is C19H24N4O4S2. The van der Waals surface area contributed by atoms with Gasteiger partial charge < -0.3 is 4.74 Å². The van der Waals surface area contributed by atoms with E-state index in [0.29, 0.717) is 11.7 Å². The molecule has 1 amide bonds. The largest absolute Gasteiger partial charge is 0.379 e. The van der Waals surface area contributed by atoms with Gasteiger partial charge in [-0.1, -0.05) is 19.1 Å². The van der Waals surface area contributed by atoms with Crippen LogP contribution in [0, 0.1) is 0 Å². The lowest BCUT2D eigenvalue weighted by Crippen LogP contribution is -2.35. The highest BCUT2D eigenvalue weighted by molar-refractivity contribution is 7.89. The Bertz CT molecular complexity index is 949. The predicted octanol–water partition coefficient (Wildman–Crippen LogP) is 1.93. The van der Waals surface area contributed by atoms with Crippen molar-refractivity contribution in [3.63, 3.8) is 0 Å². The van der Waals surface area contributed by atoms with E-state index < -0.39 is 10.0 Å². The van der Waals surface area contributed by atoms with Crippen LogP contribution >= 0.6 is 11.3 Å². The molecule has 0 atom stereocenters. The van der Waals surface area contributed by atoms with Crippen LogP contribution in [0.15, 0.2) is 40.6 Å². The van der Waals surface area contributed by atoms with Crippen LogP contribution in [0.3, 0.4) is 0 Å². The summed E-state index contributed by atoms with van der Waals surface area (Å²) < 4.78 is 31.6. The molecule has 0 saturated carbocycles. The predicted molar refractivity (Wildman–Crippen MR) is 113 cm³/mol. The number of aromatic nitrogens is 1. The number of thiazole rings is 1. The fourth-order valence-electron chi connectivity index (χ4n) is 2.78. The molecule has 1 aliphatic heterocycles. The van der Waals surface area contributed by atoms with E-state index in [-0.39, 0.29) is 10.8 Å². The van der Waals surface area contributed by atoms with Crippen molar-refractivity contribution in [2.75, 3.05) is 38.2 Å². The van der Waals surface area contributed by atoms with Crippen LogP contribution in [0.5, 0.6) is 0 Å². The molecule has 0 unspecified atom stereocenters. The highest BCUT2D eigenvalue weighted by Crippen LogP contribution is 2.17. The summed E-state index contributed by atoms with van der Waals surface area (Å²) in [6.07, 6.45) is 3.03. The first-order chi connectivity index (χ1) is 14.0. The van der Waals surface area contributed by atoms with E-state index in [1.54, 1.807) is 25.1 Å². The normalized spacial score (nSPS) is 15.6. The molecule has 0 aliphatic carbocycles. The van der Waals surface area contributed by atoms with Gasteiger partial charge in [0.2, 0.25) is 15.9 Å². The number of nitrogens with one attached hydrogen (secondary N) is 2. The first kappa shape index (κ1) is 21.6. The summed E-state index contributed by atoms with van der Waals surface area (Å²) in [6.45, 7) is 6.04. The van der Waals surface area contributed by atoms with Gasteiger partial charge in [0, 0.05) is 37.6 Å². The van der Waals surface area contributed by atoms with E-state index in [1.165, 1.54) is 29.5 Å². The molecule has 0 spiro atoms. The number of sulfonamides is 1. The summed E-state index contributed by atoms with van der Waals surface area (Å²) in [4.78, 5) is 19.0. The van der Waals surface area contributed by atoms with E-state index in [1.807, 2.05) is 5.38 Å². The summed E-state index contributed by atoms with van der Waals surface area (Å²) in [6, 6.07) is 6.32. The third-order valence-electron chi connectivity index (χ3n) is 4.22. The fourth-order valence-corrected chi connectivity index (χ4v) is 4.52. The van der Waals surface area contributed by atoms with Crippen molar-refractivity contribution in [1.82, 2.24) is 14.6 Å². The molecule has 156 valence electrons. The number of rotatable bonds is 8. The quantitative estimate of drug-likeness (QED) is 0.614. The first-order valence-electron chi connectivity index (χ1n) is 9.29. The lowest BCUT2D eigenvalue weighted by molar-refractivity contribution is -0.111. The van der Waals surface area contributed by atoms with Crippen LogP contribution in [0.25, 0.3) is 6.08 Å². The Balaban J connectivity index is 1.53. The number of carbonyl (C=O) groups excluding carboxylic acids is 1. The zero-order valence-corrected chi connectivity index (χ0v) is 17.8. The summed E-state index contributed by atoms with van der Waals surface area (Å²) >= 11 is 1.39. The van der Waals surface area contributed by atoms with Gasteiger partial charge in [0.15, 0.2) is 5.13 Å². The Kier molecular flexibility index (Phi) is 7.51. The van der Waals surface area contributed by atoms with E-state index in [9.17, 15) is 13.2 Å². The van der Waals surface area contributed by atoms with Crippen LogP contribution in [-0.4, -0.2) is 57.1 Å². The minimum atomic E-state index is -3.48. The topological polar surface area (TPSA) is 101 Å². The van der Waals surface area contributed by atoms with Crippen LogP contribution in [-0.2, 0) is 26.1 Å². The third kappa shape index (κ3) is 6.44. The Labute approximate surface area is 174 Å². The molecule has 1 aromatic heterocycles. The van der Waals surface area contributed by atoms with Gasteiger partial charge in [0.1, 0.15) is 0 Å². The highest BCUT2D eigenvalue weighted by atomic mass is 32.2. The maximum atomic E-state index is 12.1. The Morgan fingerprint density at radius 2 is 2.00 bits per heavy atom. The van der Waals surface area contributed by atoms with E-state index in [2.05, 4.69) is 19.9 Å². The smallest absolute Gasteiger partial charge is 0.250 e. The first-order valence-corrected chi connectivity index (χ1v) is 11.7. The molecule has 2 heterocycles. The number of morpholine rings is 1. The SMILES string of the molecule is CCNS(=O)(=O)c1ccc(/C=C/C(=O)Nc2nc(CN3CCOCC3)cs2)cc1. The number of hydrogen-bond donors (Lipinski definition) is 2. The standard InChI is InChI=1S/C19H24N4O4S2/c1-2-20-29(25,26)17-6-3-15(4-7-17)5-8-18(24)22-19-21-16(14-28-19)13-23-9-11-27-12-10-23/h3-8,14,20H,2,9-13H2,1H3,(H,21,22,24)/b8-5+. The molecule has 0 radical (unpaired) electrons. The Hall–Kier alpha value is -2.11. The zero-order chi connectivity index (χ0) is 20.7. The van der Waals surface area contributed by atoms with Crippen LogP contribution < -0.4 is 10.0 Å². The summed E-state index contributed by atoms with van der Waals surface area (Å²) in [5, 5.41) is 5.25. The van der Waals surface area contributed by atoms with Crippen LogP contribution in [0.4, 0.5) is 5.13 Å². The maximum Gasteiger partial charge on any atom is 0.250 e. The van der Waals surface area contributed by atoms with Gasteiger partial charge in [-0.2, -0.15) is 0 Å². The zero-order valence-electron chi connectivity index (χ0n) is 16.1. The van der Waals surface area contributed by atoms with Crippen molar-refractivity contribution >= 4 is 38.5 Å². The molecular weight excluding hydrogens is 412 g/mol. The molecule has 1 fully saturated rings. The van der Waals surface area contributed by atoms with Gasteiger partial charge in [-0.05, 0) is 23.8 Å². The Morgan fingerprint density at radius 3 is 2.69 bits per heavy atom. The molecule has 0 bridgehead atoms. The lowest BCUT2D eigenvalue weighted by Gasteiger charge is -2.25. The number of hydrogen-bond acceptors (Lipinski definition) is 7. The molecule has 1 aliphatic rings. The third-order valence-corrected chi connectivity index (χ3v) is 6.59. The number of carbonyl (C=O) groups is 1. The lowest BCUT2D eigenvalue weighted by atomic mass is 10.2. The monoisotopic (exact) mass is 436 g/mol. The van der Waals surface area contributed by atoms with Crippen LogP contribution in [0.1, 0.15) is 18.2 Å². The van der Waals surface area contributed by atoms with Crippen molar-refractivity contribution in [3.8, 4) is 0 Å². The molecule has 3 rings (SSSR count). The van der Waals surface area contributed by atoms with Gasteiger partial charge in [0.05, 0.1) is 23.8 Å². The summed E-state index contributed by atoms with van der Waals surface area (Å²) in [5.41, 5.74) is 1.65. The summed E-state index contributed by atoms with van der Waals surface area (Å²) in [7, 11) is -3.48. The number of amides is 1. The Morgan fingerprint density at radius 1 is 1.28 bits per heavy atom. The van der Waals surface area contributed by atoms with Crippen molar-refractivity contribution in [1.29, 1.82) is 0 Å². The molecule has 2 N–H and O–H groups in total. The minimum Gasteiger partial charge on any atom is -0.379 e. The fraction of sp³-hybridized carbons (Fsp3) is 0.368. The van der Waals surface area contributed by atoms with Gasteiger partial charge in [0.25, 0.3) is 0 Å². The maximum absolute atomic E-state index is 12.1. The molecule has 10 heteroatoms. The van der Waals surface area contributed by atoms with E-state index >= 15 is 0 Å². The molecule has 29 heavy (non-hydrogen) atoms. The average Bonchev–Trinajstić information content (AvgIpc) is 3.14. The van der Waals surface area contributed by atoms with Gasteiger partial charge in [-0.3, -0.25) is 15.0 Å². The van der Waals surface area contributed by atoms with Crippen molar-refractivity contribution in [2.24, 2.45) is 0 Å².